The van der Waals surface area contributed by atoms with Gasteiger partial charge < -0.3 is 4.90 Å². The topological polar surface area (TPSA) is 6.48 Å². The number of hydrogen-bond acceptors (Lipinski definition) is 2. The minimum Gasteiger partial charge on any atom is -0.365 e. The van der Waals surface area contributed by atoms with Crippen LogP contribution < -0.4 is 0 Å². The summed E-state index contributed by atoms with van der Waals surface area (Å²) < 4.78 is 0. The molecule has 0 aromatic rings. The van der Waals surface area contributed by atoms with Crippen molar-refractivity contribution in [1.29, 1.82) is 0 Å². The van der Waals surface area contributed by atoms with Gasteiger partial charge in [-0.05, 0) is 56.9 Å². The van der Waals surface area contributed by atoms with Crippen molar-refractivity contribution in [3.63, 3.8) is 0 Å². The Morgan fingerprint density at radius 3 is 2.52 bits per heavy atom. The highest BCUT2D eigenvalue weighted by molar-refractivity contribution is 5.26. The first-order chi connectivity index (χ1) is 10.9. The van der Waals surface area contributed by atoms with Gasteiger partial charge in [-0.25, -0.2) is 0 Å². The summed E-state index contributed by atoms with van der Waals surface area (Å²) in [6, 6.07) is 1.35. The van der Waals surface area contributed by atoms with E-state index in [1.54, 1.807) is 0 Å². The van der Waals surface area contributed by atoms with Gasteiger partial charge >= 0.3 is 0 Å². The number of allylic oxidation sites excluding steroid dienone is 1. The maximum Gasteiger partial charge on any atom is 0.0806 e. The highest BCUT2D eigenvalue weighted by atomic mass is 15.3. The lowest BCUT2D eigenvalue weighted by molar-refractivity contribution is 0.0669. The van der Waals surface area contributed by atoms with Crippen molar-refractivity contribution in [2.75, 3.05) is 19.6 Å². The molecule has 1 saturated carbocycles. The number of nitrogens with zero attached hydrogens (tertiary/aromatic N) is 2. The fourth-order valence-corrected chi connectivity index (χ4v) is 5.35. The van der Waals surface area contributed by atoms with Crippen molar-refractivity contribution in [2.24, 2.45) is 17.3 Å². The quantitative estimate of drug-likeness (QED) is 0.573. The summed E-state index contributed by atoms with van der Waals surface area (Å²) in [6.45, 7) is 20.8. The molecular weight excluding hydrogens is 280 g/mol. The van der Waals surface area contributed by atoms with Crippen LogP contribution in [0, 0.1) is 29.1 Å². The van der Waals surface area contributed by atoms with E-state index in [4.69, 9.17) is 0 Å². The Bertz CT molecular complexity index is 564. The molecule has 1 aliphatic carbocycles. The van der Waals surface area contributed by atoms with Crippen LogP contribution in [0.4, 0.5) is 0 Å². The largest absolute Gasteiger partial charge is 0.365 e. The van der Waals surface area contributed by atoms with Gasteiger partial charge in [0.15, 0.2) is 0 Å². The van der Waals surface area contributed by atoms with E-state index in [0.29, 0.717) is 17.4 Å². The molecule has 2 saturated heterocycles. The van der Waals surface area contributed by atoms with Gasteiger partial charge in [-0.15, -0.1) is 0 Å². The number of fused-ring (bicyclic) bond motifs is 2. The van der Waals surface area contributed by atoms with Gasteiger partial charge in [0.1, 0.15) is 0 Å². The van der Waals surface area contributed by atoms with Crippen molar-refractivity contribution in [1.82, 2.24) is 9.80 Å². The summed E-state index contributed by atoms with van der Waals surface area (Å²) in [5.41, 5.74) is 2.88. The number of likely N-dealkylation sites (tertiary alicyclic amines) is 2. The van der Waals surface area contributed by atoms with Crippen LogP contribution in [0.2, 0.25) is 0 Å². The molecule has 0 aromatic heterocycles. The molecular formula is C21H32N2. The molecule has 2 heteroatoms. The minimum atomic E-state index is 0.524. The van der Waals surface area contributed by atoms with Crippen LogP contribution in [0.25, 0.3) is 0 Å². The summed E-state index contributed by atoms with van der Waals surface area (Å²) in [7, 11) is 0. The van der Waals surface area contributed by atoms with Crippen LogP contribution in [-0.4, -0.2) is 41.5 Å². The Balaban J connectivity index is 1.69. The number of hydrogen-bond donors (Lipinski definition) is 0. The first-order valence-electron chi connectivity index (χ1n) is 9.17. The van der Waals surface area contributed by atoms with Crippen LogP contribution >= 0.6 is 0 Å². The molecule has 126 valence electrons. The number of piperidine rings is 1. The summed E-state index contributed by atoms with van der Waals surface area (Å²) in [5, 5.41) is 0. The van der Waals surface area contributed by atoms with Gasteiger partial charge in [0, 0.05) is 25.2 Å². The van der Waals surface area contributed by atoms with E-state index in [-0.39, 0.29) is 0 Å². The molecule has 1 spiro atoms. The van der Waals surface area contributed by atoms with E-state index >= 15 is 0 Å². The zero-order chi connectivity index (χ0) is 16.8. The zero-order valence-electron chi connectivity index (χ0n) is 15.4. The third-order valence-electron chi connectivity index (χ3n) is 6.37. The summed E-state index contributed by atoms with van der Waals surface area (Å²) in [5.74, 6) is 7.68. The second-order valence-electron chi connectivity index (χ2n) is 8.29. The SMILES string of the molecule is C=C(C)C(C(C)C)N1CC[C@]2(CCN(C(=C)C#CC)C2)C2CC21. The van der Waals surface area contributed by atoms with Crippen LogP contribution in [0.5, 0.6) is 0 Å². The average Bonchev–Trinajstić information content (AvgIpc) is 3.18. The Labute approximate surface area is 142 Å². The standard InChI is InChI=1S/C21H32N2/c1-7-8-17(6)22-11-9-21(14-22)10-12-23(19-13-18(19)21)20(15(2)3)16(4)5/h16,18-20H,2,6,9-14H2,1,3-5H3/t18?,19?,20?,21-/m0/s1. The molecule has 0 amide bonds. The molecule has 0 bridgehead atoms. The van der Waals surface area contributed by atoms with Crippen molar-refractivity contribution >= 4 is 0 Å². The minimum absolute atomic E-state index is 0.524. The number of rotatable bonds is 4. The third-order valence-corrected chi connectivity index (χ3v) is 6.37. The normalized spacial score (nSPS) is 34.0. The highest BCUT2D eigenvalue weighted by Gasteiger charge is 2.60. The van der Waals surface area contributed by atoms with Gasteiger partial charge in [-0.2, -0.15) is 0 Å². The Morgan fingerprint density at radius 2 is 1.91 bits per heavy atom. The van der Waals surface area contributed by atoms with Gasteiger partial charge in [-0.3, -0.25) is 4.90 Å². The van der Waals surface area contributed by atoms with Crippen molar-refractivity contribution in [2.45, 2.75) is 59.0 Å². The molecule has 2 nitrogen and oxygen atoms in total. The molecule has 3 unspecified atom stereocenters. The first kappa shape index (κ1) is 16.7. The van der Waals surface area contributed by atoms with E-state index in [0.717, 1.165) is 24.2 Å². The van der Waals surface area contributed by atoms with Gasteiger partial charge in [0.25, 0.3) is 0 Å². The van der Waals surface area contributed by atoms with Crippen molar-refractivity contribution in [3.8, 4) is 11.8 Å². The van der Waals surface area contributed by atoms with Gasteiger partial charge in [0.05, 0.1) is 5.70 Å². The molecule has 23 heavy (non-hydrogen) atoms. The predicted molar refractivity (Wildman–Crippen MR) is 97.9 cm³/mol. The smallest absolute Gasteiger partial charge is 0.0806 e. The van der Waals surface area contributed by atoms with Crippen molar-refractivity contribution < 1.29 is 0 Å². The lowest BCUT2D eigenvalue weighted by Gasteiger charge is -2.44. The summed E-state index contributed by atoms with van der Waals surface area (Å²) in [4.78, 5) is 5.20. The monoisotopic (exact) mass is 312 g/mol. The second kappa shape index (κ2) is 6.02. The average molecular weight is 313 g/mol. The zero-order valence-corrected chi connectivity index (χ0v) is 15.4. The Hall–Kier alpha value is -1.20. The molecule has 4 atom stereocenters. The molecule has 2 aliphatic heterocycles. The maximum atomic E-state index is 4.27. The van der Waals surface area contributed by atoms with E-state index in [1.165, 1.54) is 37.9 Å². The fourth-order valence-electron chi connectivity index (χ4n) is 5.35. The fraction of sp³-hybridized carbons (Fsp3) is 0.714. The molecule has 0 aromatic carbocycles. The van der Waals surface area contributed by atoms with Crippen LogP contribution in [0.15, 0.2) is 24.4 Å². The molecule has 3 aliphatic rings. The maximum absolute atomic E-state index is 4.27. The Morgan fingerprint density at radius 1 is 1.22 bits per heavy atom. The highest BCUT2D eigenvalue weighted by Crippen LogP contribution is 2.59. The molecule has 3 fully saturated rings. The summed E-state index contributed by atoms with van der Waals surface area (Å²) >= 11 is 0. The predicted octanol–water partition coefficient (Wildman–Crippen LogP) is 3.91. The second-order valence-corrected chi connectivity index (χ2v) is 8.29. The molecule has 0 radical (unpaired) electrons. The van der Waals surface area contributed by atoms with Gasteiger partial charge in [0.2, 0.25) is 0 Å². The molecule has 0 N–H and O–H groups in total. The van der Waals surface area contributed by atoms with E-state index in [2.05, 4.69) is 55.6 Å². The molecule has 2 heterocycles. The lowest BCUT2D eigenvalue weighted by Crippen LogP contribution is -2.49. The summed E-state index contributed by atoms with van der Waals surface area (Å²) in [6.07, 6.45) is 4.04. The van der Waals surface area contributed by atoms with E-state index in [1.807, 2.05) is 6.92 Å². The first-order valence-corrected chi connectivity index (χ1v) is 9.17. The van der Waals surface area contributed by atoms with Crippen LogP contribution in [0.1, 0.15) is 47.0 Å². The lowest BCUT2D eigenvalue weighted by atomic mass is 9.75. The van der Waals surface area contributed by atoms with Crippen LogP contribution in [-0.2, 0) is 0 Å². The molecule has 3 rings (SSSR count). The Kier molecular flexibility index (Phi) is 4.36. The van der Waals surface area contributed by atoms with Crippen LogP contribution in [0.3, 0.4) is 0 Å². The van der Waals surface area contributed by atoms with Crippen molar-refractivity contribution in [3.05, 3.63) is 24.4 Å². The van der Waals surface area contributed by atoms with E-state index in [9.17, 15) is 0 Å². The van der Waals surface area contributed by atoms with E-state index < -0.39 is 0 Å². The third kappa shape index (κ3) is 2.85. The van der Waals surface area contributed by atoms with Gasteiger partial charge in [-0.1, -0.05) is 44.4 Å².